The van der Waals surface area contributed by atoms with E-state index in [1.165, 1.54) is 25.4 Å². The van der Waals surface area contributed by atoms with Crippen LogP contribution in [0.3, 0.4) is 0 Å². The van der Waals surface area contributed by atoms with Crippen LogP contribution in [-0.4, -0.2) is 12.1 Å². The van der Waals surface area contributed by atoms with Crippen molar-refractivity contribution in [1.29, 1.82) is 0 Å². The van der Waals surface area contributed by atoms with Crippen LogP contribution < -0.4 is 4.74 Å². The highest BCUT2D eigenvalue weighted by Crippen LogP contribution is 2.33. The number of methoxy groups -OCH3 is 1. The Bertz CT molecular complexity index is 581. The lowest BCUT2D eigenvalue weighted by molar-refractivity contribution is -0.137. The zero-order chi connectivity index (χ0) is 14.0. The molecule has 0 aliphatic rings. The number of halogens is 4. The molecule has 6 heteroatoms. The van der Waals surface area contributed by atoms with Gasteiger partial charge in [-0.2, -0.15) is 13.2 Å². The molecule has 2 rings (SSSR count). The molecule has 0 aliphatic heterocycles. The molecule has 1 heterocycles. The van der Waals surface area contributed by atoms with Gasteiger partial charge in [-0.15, -0.1) is 0 Å². The summed E-state index contributed by atoms with van der Waals surface area (Å²) in [5.74, 6) is 0.487. The third-order valence-corrected chi connectivity index (χ3v) is 2.83. The van der Waals surface area contributed by atoms with E-state index < -0.39 is 11.7 Å². The summed E-state index contributed by atoms with van der Waals surface area (Å²) in [5.41, 5.74) is 0.220. The normalized spacial score (nSPS) is 11.4. The second-order valence-electron chi connectivity index (χ2n) is 3.78. The van der Waals surface area contributed by atoms with Crippen molar-refractivity contribution < 1.29 is 17.9 Å². The topological polar surface area (TPSA) is 22.1 Å². The van der Waals surface area contributed by atoms with E-state index in [2.05, 4.69) is 4.98 Å². The molecule has 2 aromatic rings. The maximum atomic E-state index is 12.4. The lowest BCUT2D eigenvalue weighted by Crippen LogP contribution is -2.04. The lowest BCUT2D eigenvalue weighted by atomic mass is 10.1. The van der Waals surface area contributed by atoms with Gasteiger partial charge in [0.25, 0.3) is 0 Å². The van der Waals surface area contributed by atoms with Crippen molar-refractivity contribution in [3.05, 3.63) is 47.1 Å². The van der Waals surface area contributed by atoms with Crippen molar-refractivity contribution in [1.82, 2.24) is 4.98 Å². The minimum absolute atomic E-state index is 0.319. The van der Waals surface area contributed by atoms with E-state index in [0.29, 0.717) is 22.0 Å². The Hall–Kier alpha value is -1.75. The summed E-state index contributed by atoms with van der Waals surface area (Å²) in [6.07, 6.45) is -2.89. The Balaban J connectivity index is 2.37. The largest absolute Gasteiger partial charge is 0.495 e. The van der Waals surface area contributed by atoms with Crippen LogP contribution in [0.1, 0.15) is 5.56 Å². The first-order valence-electron chi connectivity index (χ1n) is 5.29. The summed E-state index contributed by atoms with van der Waals surface area (Å²) in [5, 5.41) is 0.319. The fourth-order valence-electron chi connectivity index (χ4n) is 1.56. The van der Waals surface area contributed by atoms with Crippen LogP contribution in [0.4, 0.5) is 13.2 Å². The summed E-state index contributed by atoms with van der Waals surface area (Å²) in [7, 11) is 1.48. The molecule has 0 saturated heterocycles. The minimum Gasteiger partial charge on any atom is -0.495 e. The van der Waals surface area contributed by atoms with Gasteiger partial charge in [0.1, 0.15) is 5.75 Å². The van der Waals surface area contributed by atoms with Gasteiger partial charge in [-0.05, 0) is 12.1 Å². The number of hydrogen-bond acceptors (Lipinski definition) is 2. The zero-order valence-electron chi connectivity index (χ0n) is 9.83. The zero-order valence-corrected chi connectivity index (χ0v) is 10.6. The summed E-state index contributed by atoms with van der Waals surface area (Å²) in [4.78, 5) is 4.07. The van der Waals surface area contributed by atoms with Crippen molar-refractivity contribution in [2.75, 3.05) is 7.11 Å². The van der Waals surface area contributed by atoms with Crippen LogP contribution in [0.2, 0.25) is 5.02 Å². The van der Waals surface area contributed by atoms with Gasteiger partial charge < -0.3 is 4.74 Å². The van der Waals surface area contributed by atoms with Crippen LogP contribution >= 0.6 is 11.6 Å². The van der Waals surface area contributed by atoms with E-state index in [1.807, 2.05) is 0 Å². The lowest BCUT2D eigenvalue weighted by Gasteiger charge is -2.09. The van der Waals surface area contributed by atoms with Crippen molar-refractivity contribution in [3.8, 4) is 17.0 Å². The molecule has 19 heavy (non-hydrogen) atoms. The maximum absolute atomic E-state index is 12.4. The fourth-order valence-corrected chi connectivity index (χ4v) is 1.83. The number of rotatable bonds is 2. The Labute approximate surface area is 112 Å². The summed E-state index contributed by atoms with van der Waals surface area (Å²) < 4.78 is 42.3. The highest BCUT2D eigenvalue weighted by Gasteiger charge is 2.30. The van der Waals surface area contributed by atoms with Gasteiger partial charge >= 0.3 is 6.18 Å². The molecule has 100 valence electrons. The van der Waals surface area contributed by atoms with Crippen molar-refractivity contribution in [2.45, 2.75) is 6.18 Å². The summed E-state index contributed by atoms with van der Waals surface area (Å²) in [6.45, 7) is 0. The van der Waals surface area contributed by atoms with Gasteiger partial charge in [0.05, 0.1) is 29.6 Å². The Kier molecular flexibility index (Phi) is 3.66. The number of nitrogens with zero attached hydrogens (tertiary/aromatic N) is 1. The number of ether oxygens (including phenoxy) is 1. The molecule has 0 saturated carbocycles. The van der Waals surface area contributed by atoms with Gasteiger partial charge in [-0.25, -0.2) is 0 Å². The Morgan fingerprint density at radius 2 is 1.79 bits per heavy atom. The number of aromatic nitrogens is 1. The first-order chi connectivity index (χ1) is 8.91. The molecule has 0 radical (unpaired) electrons. The third kappa shape index (κ3) is 2.98. The molecular formula is C13H9ClF3NO. The highest BCUT2D eigenvalue weighted by atomic mass is 35.5. The van der Waals surface area contributed by atoms with Gasteiger partial charge in [-0.1, -0.05) is 23.7 Å². The van der Waals surface area contributed by atoms with E-state index in [9.17, 15) is 13.2 Å². The molecule has 0 spiro atoms. The number of hydrogen-bond donors (Lipinski definition) is 0. The van der Waals surface area contributed by atoms with Crippen LogP contribution in [-0.2, 0) is 6.18 Å². The van der Waals surface area contributed by atoms with Crippen LogP contribution in [0.25, 0.3) is 11.3 Å². The number of benzene rings is 1. The van der Waals surface area contributed by atoms with E-state index in [-0.39, 0.29) is 0 Å². The van der Waals surface area contributed by atoms with E-state index in [4.69, 9.17) is 16.3 Å². The molecule has 0 unspecified atom stereocenters. The second-order valence-corrected chi connectivity index (χ2v) is 4.19. The predicted octanol–water partition coefficient (Wildman–Crippen LogP) is 4.43. The summed E-state index contributed by atoms with van der Waals surface area (Å²) in [6, 6.07) is 6.23. The van der Waals surface area contributed by atoms with E-state index in [1.54, 1.807) is 6.07 Å². The van der Waals surface area contributed by atoms with Crippen molar-refractivity contribution in [3.63, 3.8) is 0 Å². The third-order valence-electron chi connectivity index (χ3n) is 2.54. The van der Waals surface area contributed by atoms with E-state index >= 15 is 0 Å². The van der Waals surface area contributed by atoms with Gasteiger partial charge in [0, 0.05) is 11.6 Å². The monoisotopic (exact) mass is 287 g/mol. The van der Waals surface area contributed by atoms with Crippen molar-refractivity contribution >= 4 is 11.6 Å². The van der Waals surface area contributed by atoms with Crippen LogP contribution in [0.5, 0.6) is 5.75 Å². The quantitative estimate of drug-likeness (QED) is 0.815. The second kappa shape index (κ2) is 5.09. The van der Waals surface area contributed by atoms with Crippen LogP contribution in [0, 0.1) is 0 Å². The fraction of sp³-hybridized carbons (Fsp3) is 0.154. The van der Waals surface area contributed by atoms with Gasteiger partial charge in [0.15, 0.2) is 0 Å². The van der Waals surface area contributed by atoms with E-state index in [0.717, 1.165) is 12.1 Å². The maximum Gasteiger partial charge on any atom is 0.416 e. The SMILES string of the molecule is COc1cnc(-c2ccc(C(F)(F)F)cc2)c(Cl)c1. The molecule has 0 N–H and O–H groups in total. The Morgan fingerprint density at radius 1 is 1.16 bits per heavy atom. The smallest absolute Gasteiger partial charge is 0.416 e. The molecule has 0 aliphatic carbocycles. The van der Waals surface area contributed by atoms with Gasteiger partial charge in [-0.3, -0.25) is 4.98 Å². The molecule has 0 amide bonds. The average molecular weight is 288 g/mol. The summed E-state index contributed by atoms with van der Waals surface area (Å²) >= 11 is 6.01. The molecule has 1 aromatic carbocycles. The van der Waals surface area contributed by atoms with Crippen molar-refractivity contribution in [2.24, 2.45) is 0 Å². The minimum atomic E-state index is -4.35. The first kappa shape index (κ1) is 13.7. The molecule has 1 aromatic heterocycles. The standard InChI is InChI=1S/C13H9ClF3NO/c1-19-10-6-11(14)12(18-7-10)8-2-4-9(5-3-8)13(15,16)17/h2-7H,1H3. The Morgan fingerprint density at radius 3 is 2.26 bits per heavy atom. The molecular weight excluding hydrogens is 279 g/mol. The molecule has 0 atom stereocenters. The molecule has 0 fully saturated rings. The average Bonchev–Trinajstić information content (AvgIpc) is 2.37. The molecule has 0 bridgehead atoms. The highest BCUT2D eigenvalue weighted by molar-refractivity contribution is 6.33. The van der Waals surface area contributed by atoms with Crippen LogP contribution in [0.15, 0.2) is 36.5 Å². The number of alkyl halides is 3. The predicted molar refractivity (Wildman–Crippen MR) is 66.2 cm³/mol. The number of pyridine rings is 1. The van der Waals surface area contributed by atoms with Gasteiger partial charge in [0.2, 0.25) is 0 Å². The first-order valence-corrected chi connectivity index (χ1v) is 5.67. The molecule has 2 nitrogen and oxygen atoms in total.